The van der Waals surface area contributed by atoms with Crippen LogP contribution in [0.3, 0.4) is 0 Å². The van der Waals surface area contributed by atoms with E-state index in [9.17, 15) is 9.59 Å². The summed E-state index contributed by atoms with van der Waals surface area (Å²) in [6.07, 6.45) is 0.969. The van der Waals surface area contributed by atoms with E-state index in [1.165, 1.54) is 6.26 Å². The van der Waals surface area contributed by atoms with Crippen LogP contribution in [0.2, 0.25) is 0 Å². The van der Waals surface area contributed by atoms with Crippen molar-refractivity contribution in [2.75, 3.05) is 26.3 Å². The number of ether oxygens (including phenoxy) is 3. The molecular weight excluding hydrogens is 374 g/mol. The molecule has 0 spiro atoms. The van der Waals surface area contributed by atoms with Crippen LogP contribution in [0.5, 0.6) is 17.2 Å². The summed E-state index contributed by atoms with van der Waals surface area (Å²) in [5, 5.41) is 0.403. The van der Waals surface area contributed by atoms with E-state index in [4.69, 9.17) is 18.6 Å². The number of carbonyl (C=O) groups is 1. The zero-order valence-corrected chi connectivity index (χ0v) is 16.3. The van der Waals surface area contributed by atoms with E-state index >= 15 is 0 Å². The monoisotopic (exact) mass is 395 g/mol. The van der Waals surface area contributed by atoms with Gasteiger partial charge in [-0.3, -0.25) is 4.79 Å². The van der Waals surface area contributed by atoms with E-state index in [2.05, 4.69) is 0 Å². The van der Waals surface area contributed by atoms with Crippen molar-refractivity contribution < 1.29 is 23.4 Å². The second kappa shape index (κ2) is 7.87. The molecule has 7 heteroatoms. The first kappa shape index (κ1) is 18.9. The Morgan fingerprint density at radius 2 is 1.79 bits per heavy atom. The summed E-state index contributed by atoms with van der Waals surface area (Å²) in [6.45, 7) is 5.84. The Morgan fingerprint density at radius 1 is 1.03 bits per heavy atom. The van der Waals surface area contributed by atoms with E-state index in [1.807, 2.05) is 13.8 Å². The number of rotatable bonds is 4. The Labute approximate surface area is 167 Å². The van der Waals surface area contributed by atoms with Crippen LogP contribution in [0.25, 0.3) is 22.1 Å². The van der Waals surface area contributed by atoms with Gasteiger partial charge in [0.1, 0.15) is 30.8 Å². The molecule has 2 heterocycles. The number of carbonyl (C=O) groups excluding carboxylic acids is 1. The predicted octanol–water partition coefficient (Wildman–Crippen LogP) is 4.07. The molecule has 0 saturated carbocycles. The van der Waals surface area contributed by atoms with Crippen molar-refractivity contribution in [2.24, 2.45) is 0 Å². The van der Waals surface area contributed by atoms with E-state index in [0.29, 0.717) is 65.6 Å². The highest BCUT2D eigenvalue weighted by Gasteiger charge is 2.17. The maximum Gasteiger partial charge on any atom is 0.415 e. The Balaban J connectivity index is 1.66. The van der Waals surface area contributed by atoms with Gasteiger partial charge in [0.2, 0.25) is 0 Å². The molecule has 150 valence electrons. The van der Waals surface area contributed by atoms with Gasteiger partial charge in [-0.25, -0.2) is 4.79 Å². The molecule has 0 saturated heterocycles. The molecule has 3 aromatic rings. The number of nitrogens with zero attached hydrogens (tertiary/aromatic N) is 1. The minimum Gasteiger partial charge on any atom is -0.486 e. The number of fused-ring (bicyclic) bond motifs is 2. The topological polar surface area (TPSA) is 78.2 Å². The first-order chi connectivity index (χ1) is 14.1. The van der Waals surface area contributed by atoms with Crippen LogP contribution in [0.15, 0.2) is 51.9 Å². The number of hydrogen-bond acceptors (Lipinski definition) is 6. The minimum absolute atomic E-state index is 0.176. The maximum atomic E-state index is 13.0. The van der Waals surface area contributed by atoms with E-state index < -0.39 is 6.09 Å². The number of hydrogen-bond donors (Lipinski definition) is 0. The molecule has 4 rings (SSSR count). The molecule has 0 atom stereocenters. The van der Waals surface area contributed by atoms with Crippen LogP contribution in [0.4, 0.5) is 4.79 Å². The number of benzene rings is 2. The van der Waals surface area contributed by atoms with Gasteiger partial charge in [-0.05, 0) is 43.7 Å². The average Bonchev–Trinajstić information content (AvgIpc) is 2.74. The van der Waals surface area contributed by atoms with Gasteiger partial charge in [0, 0.05) is 19.2 Å². The second-order valence-electron chi connectivity index (χ2n) is 6.54. The summed E-state index contributed by atoms with van der Waals surface area (Å²) in [7, 11) is 0. The minimum atomic E-state index is -0.440. The van der Waals surface area contributed by atoms with Crippen molar-refractivity contribution in [3.8, 4) is 28.4 Å². The quantitative estimate of drug-likeness (QED) is 0.663. The third-order valence-corrected chi connectivity index (χ3v) is 4.83. The average molecular weight is 395 g/mol. The molecule has 0 radical (unpaired) electrons. The van der Waals surface area contributed by atoms with Crippen LogP contribution in [-0.4, -0.2) is 37.3 Å². The molecule has 29 heavy (non-hydrogen) atoms. The molecular formula is C22H21NO6. The van der Waals surface area contributed by atoms with Gasteiger partial charge in [0.25, 0.3) is 0 Å². The third-order valence-electron chi connectivity index (χ3n) is 4.83. The summed E-state index contributed by atoms with van der Waals surface area (Å²) in [5.74, 6) is 1.58. The molecule has 1 aliphatic rings. The fourth-order valence-electron chi connectivity index (χ4n) is 3.23. The van der Waals surface area contributed by atoms with Gasteiger partial charge in [0.15, 0.2) is 16.9 Å². The third kappa shape index (κ3) is 3.63. The highest BCUT2D eigenvalue weighted by molar-refractivity contribution is 5.83. The molecule has 0 unspecified atom stereocenters. The Hall–Kier alpha value is -3.48. The van der Waals surface area contributed by atoms with Crippen molar-refractivity contribution in [1.29, 1.82) is 0 Å². The first-order valence-electron chi connectivity index (χ1n) is 9.53. The molecule has 1 aromatic heterocycles. The first-order valence-corrected chi connectivity index (χ1v) is 9.53. The fraction of sp³-hybridized carbons (Fsp3) is 0.273. The standard InChI is InChI=1S/C22H21NO6/c1-3-23(4-2)22(25)29-15-6-7-16-19(12-15)28-13-17(21(16)24)14-5-8-18-20(11-14)27-10-9-26-18/h5-8,11-13H,3-4,9-10H2,1-2H3. The second-order valence-corrected chi connectivity index (χ2v) is 6.54. The lowest BCUT2D eigenvalue weighted by atomic mass is 10.0. The van der Waals surface area contributed by atoms with Gasteiger partial charge in [-0.15, -0.1) is 0 Å². The maximum absolute atomic E-state index is 13.0. The normalized spacial score (nSPS) is 12.6. The van der Waals surface area contributed by atoms with Crippen molar-refractivity contribution in [1.82, 2.24) is 4.90 Å². The lowest BCUT2D eigenvalue weighted by Crippen LogP contribution is -2.33. The largest absolute Gasteiger partial charge is 0.486 e. The SMILES string of the molecule is CCN(CC)C(=O)Oc1ccc2c(=O)c(-c3ccc4c(c3)OCCO4)coc2c1. The molecule has 7 nitrogen and oxygen atoms in total. The highest BCUT2D eigenvalue weighted by atomic mass is 16.6. The molecule has 0 bridgehead atoms. The highest BCUT2D eigenvalue weighted by Crippen LogP contribution is 2.34. The van der Waals surface area contributed by atoms with Crippen LogP contribution in [0.1, 0.15) is 13.8 Å². The molecule has 1 aliphatic heterocycles. The van der Waals surface area contributed by atoms with Crippen LogP contribution >= 0.6 is 0 Å². The molecule has 0 fully saturated rings. The van der Waals surface area contributed by atoms with Crippen molar-refractivity contribution in [2.45, 2.75) is 13.8 Å². The van der Waals surface area contributed by atoms with Crippen molar-refractivity contribution in [3.05, 3.63) is 52.9 Å². The van der Waals surface area contributed by atoms with Gasteiger partial charge in [-0.1, -0.05) is 6.07 Å². The van der Waals surface area contributed by atoms with E-state index in [-0.39, 0.29) is 5.43 Å². The molecule has 0 N–H and O–H groups in total. The lowest BCUT2D eigenvalue weighted by molar-refractivity contribution is 0.157. The van der Waals surface area contributed by atoms with Crippen LogP contribution < -0.4 is 19.6 Å². The van der Waals surface area contributed by atoms with Gasteiger partial charge in [-0.2, -0.15) is 0 Å². The van der Waals surface area contributed by atoms with Crippen LogP contribution in [-0.2, 0) is 0 Å². The van der Waals surface area contributed by atoms with Gasteiger partial charge in [0.05, 0.1) is 10.9 Å². The van der Waals surface area contributed by atoms with E-state index in [0.717, 1.165) is 0 Å². The Kier molecular flexibility index (Phi) is 5.12. The zero-order chi connectivity index (χ0) is 20.4. The summed E-state index contributed by atoms with van der Waals surface area (Å²) < 4.78 is 22.2. The van der Waals surface area contributed by atoms with Gasteiger partial charge < -0.3 is 23.5 Å². The summed E-state index contributed by atoms with van der Waals surface area (Å²) in [4.78, 5) is 26.7. The fourth-order valence-corrected chi connectivity index (χ4v) is 3.23. The smallest absolute Gasteiger partial charge is 0.415 e. The molecule has 2 aromatic carbocycles. The van der Waals surface area contributed by atoms with E-state index in [1.54, 1.807) is 41.3 Å². The molecule has 0 aliphatic carbocycles. The molecule has 1 amide bonds. The Bertz CT molecular complexity index is 1120. The zero-order valence-electron chi connectivity index (χ0n) is 16.3. The summed E-state index contributed by atoms with van der Waals surface area (Å²) in [5.41, 5.74) is 1.27. The predicted molar refractivity (Wildman–Crippen MR) is 108 cm³/mol. The van der Waals surface area contributed by atoms with Crippen molar-refractivity contribution in [3.63, 3.8) is 0 Å². The Morgan fingerprint density at radius 3 is 2.55 bits per heavy atom. The number of amides is 1. The van der Waals surface area contributed by atoms with Crippen LogP contribution in [0, 0.1) is 0 Å². The van der Waals surface area contributed by atoms with Crippen molar-refractivity contribution >= 4 is 17.1 Å². The lowest BCUT2D eigenvalue weighted by Gasteiger charge is -2.18. The summed E-state index contributed by atoms with van der Waals surface area (Å²) >= 11 is 0. The summed E-state index contributed by atoms with van der Waals surface area (Å²) in [6, 6.07) is 10.1. The van der Waals surface area contributed by atoms with Gasteiger partial charge >= 0.3 is 6.09 Å².